The van der Waals surface area contributed by atoms with E-state index in [4.69, 9.17) is 28.9 Å². The van der Waals surface area contributed by atoms with Crippen LogP contribution in [0.15, 0.2) is 36.4 Å². The summed E-state index contributed by atoms with van der Waals surface area (Å²) in [6.45, 7) is 1.95. The van der Waals surface area contributed by atoms with Crippen LogP contribution in [0.2, 0.25) is 10.0 Å². The maximum atomic E-state index is 6.17. The predicted octanol–water partition coefficient (Wildman–Crippen LogP) is 4.55. The van der Waals surface area contributed by atoms with Crippen molar-refractivity contribution < 1.29 is 0 Å². The molecule has 0 aliphatic carbocycles. The van der Waals surface area contributed by atoms with Crippen LogP contribution in [-0.2, 0) is 0 Å². The molecule has 2 rings (SSSR count). The highest BCUT2D eigenvalue weighted by atomic mass is 35.5. The van der Waals surface area contributed by atoms with Gasteiger partial charge in [-0.05, 0) is 30.7 Å². The number of hydrogen-bond donors (Lipinski definition) is 1. The Morgan fingerprint density at radius 1 is 0.938 bits per heavy atom. The predicted molar refractivity (Wildman–Crippen MR) is 71.0 cm³/mol. The standard InChI is InChI=1S/C13H11Cl2N/c1-8-6-10(12(15)7-13(8)16)9-4-2-3-5-11(9)14/h2-7H,16H2,1H3. The first-order valence-corrected chi connectivity index (χ1v) is 5.65. The minimum atomic E-state index is 0.621. The van der Waals surface area contributed by atoms with Gasteiger partial charge in [0.15, 0.2) is 0 Å². The molecule has 0 heterocycles. The zero-order valence-electron chi connectivity index (χ0n) is 8.80. The number of nitrogens with two attached hydrogens (primary N) is 1. The van der Waals surface area contributed by atoms with E-state index in [0.29, 0.717) is 15.7 Å². The Kier molecular flexibility index (Phi) is 3.08. The molecule has 0 unspecified atom stereocenters. The van der Waals surface area contributed by atoms with E-state index in [0.717, 1.165) is 16.7 Å². The average Bonchev–Trinajstić information content (AvgIpc) is 2.25. The summed E-state index contributed by atoms with van der Waals surface area (Å²) in [4.78, 5) is 0. The SMILES string of the molecule is Cc1cc(-c2ccccc2Cl)c(Cl)cc1N. The first-order valence-electron chi connectivity index (χ1n) is 4.90. The molecule has 2 aromatic rings. The van der Waals surface area contributed by atoms with Gasteiger partial charge in [0.1, 0.15) is 0 Å². The molecule has 3 heteroatoms. The molecule has 0 fully saturated rings. The van der Waals surface area contributed by atoms with Gasteiger partial charge in [-0.25, -0.2) is 0 Å². The molecule has 0 saturated heterocycles. The van der Waals surface area contributed by atoms with Crippen molar-refractivity contribution in [3.05, 3.63) is 52.0 Å². The van der Waals surface area contributed by atoms with E-state index in [1.54, 1.807) is 6.07 Å². The summed E-state index contributed by atoms with van der Waals surface area (Å²) >= 11 is 12.3. The number of benzene rings is 2. The molecule has 0 aliphatic heterocycles. The fraction of sp³-hybridized carbons (Fsp3) is 0.0769. The van der Waals surface area contributed by atoms with E-state index in [1.165, 1.54) is 0 Å². The Hall–Kier alpha value is -1.18. The Morgan fingerprint density at radius 3 is 2.31 bits per heavy atom. The molecular weight excluding hydrogens is 241 g/mol. The zero-order valence-corrected chi connectivity index (χ0v) is 10.3. The molecular formula is C13H11Cl2N. The van der Waals surface area contributed by atoms with Gasteiger partial charge in [-0.1, -0.05) is 41.4 Å². The summed E-state index contributed by atoms with van der Waals surface area (Å²) in [7, 11) is 0. The second kappa shape index (κ2) is 4.36. The number of rotatable bonds is 1. The quantitative estimate of drug-likeness (QED) is 0.740. The fourth-order valence-electron chi connectivity index (χ4n) is 1.58. The lowest BCUT2D eigenvalue weighted by Crippen LogP contribution is -1.91. The van der Waals surface area contributed by atoms with E-state index in [9.17, 15) is 0 Å². The lowest BCUT2D eigenvalue weighted by atomic mass is 10.0. The maximum Gasteiger partial charge on any atom is 0.0505 e. The first-order chi connectivity index (χ1) is 7.59. The smallest absolute Gasteiger partial charge is 0.0505 e. The Labute approximate surface area is 105 Å². The Morgan fingerprint density at radius 2 is 1.62 bits per heavy atom. The van der Waals surface area contributed by atoms with Crippen LogP contribution < -0.4 is 5.73 Å². The molecule has 82 valence electrons. The van der Waals surface area contributed by atoms with Crippen LogP contribution in [0.3, 0.4) is 0 Å². The van der Waals surface area contributed by atoms with Crippen LogP contribution in [0.4, 0.5) is 5.69 Å². The first kappa shape index (κ1) is 11.3. The van der Waals surface area contributed by atoms with E-state index < -0.39 is 0 Å². The molecule has 2 aromatic carbocycles. The Balaban J connectivity index is 2.65. The fourth-order valence-corrected chi connectivity index (χ4v) is 2.09. The molecule has 1 nitrogen and oxygen atoms in total. The van der Waals surface area contributed by atoms with Gasteiger partial charge in [0.05, 0.1) is 5.02 Å². The molecule has 0 bridgehead atoms. The van der Waals surface area contributed by atoms with Crippen LogP contribution in [0, 0.1) is 6.92 Å². The maximum absolute atomic E-state index is 6.17. The molecule has 0 aliphatic rings. The highest BCUT2D eigenvalue weighted by Crippen LogP contribution is 2.35. The summed E-state index contributed by atoms with van der Waals surface area (Å²) in [6, 6.07) is 11.3. The largest absolute Gasteiger partial charge is 0.398 e. The second-order valence-electron chi connectivity index (χ2n) is 3.67. The monoisotopic (exact) mass is 251 g/mol. The highest BCUT2D eigenvalue weighted by Gasteiger charge is 2.08. The van der Waals surface area contributed by atoms with Gasteiger partial charge in [0, 0.05) is 21.8 Å². The van der Waals surface area contributed by atoms with Gasteiger partial charge in [-0.15, -0.1) is 0 Å². The van der Waals surface area contributed by atoms with Crippen molar-refractivity contribution >= 4 is 28.9 Å². The third-order valence-corrected chi connectivity index (χ3v) is 3.16. The third-order valence-electron chi connectivity index (χ3n) is 2.52. The summed E-state index contributed by atoms with van der Waals surface area (Å²) in [5.41, 5.74) is 9.33. The lowest BCUT2D eigenvalue weighted by Gasteiger charge is -2.09. The van der Waals surface area contributed by atoms with E-state index in [-0.39, 0.29) is 0 Å². The van der Waals surface area contributed by atoms with Crippen molar-refractivity contribution in [2.45, 2.75) is 6.92 Å². The summed E-state index contributed by atoms with van der Waals surface area (Å²) in [5, 5.41) is 1.31. The summed E-state index contributed by atoms with van der Waals surface area (Å²) in [5.74, 6) is 0. The summed E-state index contributed by atoms with van der Waals surface area (Å²) < 4.78 is 0. The van der Waals surface area contributed by atoms with Gasteiger partial charge >= 0.3 is 0 Å². The number of anilines is 1. The molecule has 0 spiro atoms. The van der Waals surface area contributed by atoms with Crippen LogP contribution in [0.25, 0.3) is 11.1 Å². The second-order valence-corrected chi connectivity index (χ2v) is 4.48. The molecule has 16 heavy (non-hydrogen) atoms. The molecule has 0 amide bonds. The number of halogens is 2. The Bertz CT molecular complexity index is 535. The van der Waals surface area contributed by atoms with Gasteiger partial charge in [0.2, 0.25) is 0 Å². The topological polar surface area (TPSA) is 26.0 Å². The summed E-state index contributed by atoms with van der Waals surface area (Å²) in [6.07, 6.45) is 0. The minimum Gasteiger partial charge on any atom is -0.398 e. The number of hydrogen-bond acceptors (Lipinski definition) is 1. The van der Waals surface area contributed by atoms with E-state index in [1.807, 2.05) is 37.3 Å². The van der Waals surface area contributed by atoms with Crippen LogP contribution in [0.1, 0.15) is 5.56 Å². The zero-order chi connectivity index (χ0) is 11.7. The van der Waals surface area contributed by atoms with Crippen LogP contribution >= 0.6 is 23.2 Å². The normalized spacial score (nSPS) is 10.4. The average molecular weight is 252 g/mol. The van der Waals surface area contributed by atoms with E-state index >= 15 is 0 Å². The minimum absolute atomic E-state index is 0.621. The van der Waals surface area contributed by atoms with E-state index in [2.05, 4.69) is 0 Å². The lowest BCUT2D eigenvalue weighted by molar-refractivity contribution is 1.46. The van der Waals surface area contributed by atoms with Crippen molar-refractivity contribution in [3.63, 3.8) is 0 Å². The van der Waals surface area contributed by atoms with Gasteiger partial charge < -0.3 is 5.73 Å². The molecule has 0 atom stereocenters. The van der Waals surface area contributed by atoms with Crippen molar-refractivity contribution in [1.82, 2.24) is 0 Å². The molecule has 0 saturated carbocycles. The molecule has 0 radical (unpaired) electrons. The highest BCUT2D eigenvalue weighted by molar-refractivity contribution is 6.36. The third kappa shape index (κ3) is 2.01. The number of nitrogen functional groups attached to an aromatic ring is 1. The van der Waals surface area contributed by atoms with Crippen molar-refractivity contribution in [2.75, 3.05) is 5.73 Å². The van der Waals surface area contributed by atoms with Gasteiger partial charge in [0.25, 0.3) is 0 Å². The van der Waals surface area contributed by atoms with Crippen LogP contribution in [-0.4, -0.2) is 0 Å². The molecule has 2 N–H and O–H groups in total. The van der Waals surface area contributed by atoms with Crippen LogP contribution in [0.5, 0.6) is 0 Å². The number of aryl methyl sites for hydroxylation is 1. The molecule has 0 aromatic heterocycles. The van der Waals surface area contributed by atoms with Gasteiger partial charge in [-0.2, -0.15) is 0 Å². The van der Waals surface area contributed by atoms with Crippen molar-refractivity contribution in [2.24, 2.45) is 0 Å². The van der Waals surface area contributed by atoms with Crippen molar-refractivity contribution in [1.29, 1.82) is 0 Å². The van der Waals surface area contributed by atoms with Crippen molar-refractivity contribution in [3.8, 4) is 11.1 Å². The van der Waals surface area contributed by atoms with Gasteiger partial charge in [-0.3, -0.25) is 0 Å².